The van der Waals surface area contributed by atoms with Gasteiger partial charge in [0.05, 0.1) is 0 Å². The van der Waals surface area contributed by atoms with E-state index >= 15 is 0 Å². The summed E-state index contributed by atoms with van der Waals surface area (Å²) in [4.78, 5) is 11.6. The van der Waals surface area contributed by atoms with Crippen LogP contribution in [0.25, 0.3) is 0 Å². The Labute approximate surface area is 93.8 Å². The molecule has 0 aliphatic heterocycles. The summed E-state index contributed by atoms with van der Waals surface area (Å²) in [5.41, 5.74) is 7.68. The molecule has 1 heterocycles. The summed E-state index contributed by atoms with van der Waals surface area (Å²) in [6.07, 6.45) is 2.41. The van der Waals surface area contributed by atoms with E-state index in [1.54, 1.807) is 0 Å². The van der Waals surface area contributed by atoms with Crippen molar-refractivity contribution in [2.45, 2.75) is 13.3 Å². The minimum absolute atomic E-state index is 0.211. The number of hydrogen-bond acceptors (Lipinski definition) is 5. The summed E-state index contributed by atoms with van der Waals surface area (Å²) in [6, 6.07) is 8.09. The quantitative estimate of drug-likeness (QED) is 0.815. The third-order valence-electron chi connectivity index (χ3n) is 2.21. The fourth-order valence-corrected chi connectivity index (χ4v) is 1.32. The van der Waals surface area contributed by atoms with E-state index in [1.807, 2.05) is 12.1 Å². The summed E-state index contributed by atoms with van der Waals surface area (Å²) in [5, 5.41) is 3.05. The lowest BCUT2D eigenvalue weighted by molar-refractivity contribution is 1.07. The van der Waals surface area contributed by atoms with Gasteiger partial charge in [0.2, 0.25) is 11.9 Å². The highest BCUT2D eigenvalue weighted by Crippen LogP contribution is 2.13. The van der Waals surface area contributed by atoms with Crippen molar-refractivity contribution >= 4 is 17.6 Å². The molecular weight excluding hydrogens is 202 g/mol. The molecule has 1 aromatic carbocycles. The predicted octanol–water partition coefficient (Wildman–Crippen LogP) is 1.76. The maximum absolute atomic E-state index is 5.46. The van der Waals surface area contributed by atoms with Gasteiger partial charge in [0, 0.05) is 5.69 Å². The minimum atomic E-state index is 0.211. The average molecular weight is 215 g/mol. The first-order chi connectivity index (χ1) is 7.78. The average Bonchev–Trinajstić information content (AvgIpc) is 2.30. The van der Waals surface area contributed by atoms with E-state index in [0.29, 0.717) is 5.95 Å². The molecule has 16 heavy (non-hydrogen) atoms. The Hall–Kier alpha value is -2.17. The van der Waals surface area contributed by atoms with Gasteiger partial charge in [-0.25, -0.2) is 9.97 Å². The number of aryl methyl sites for hydroxylation is 1. The van der Waals surface area contributed by atoms with E-state index in [4.69, 9.17) is 5.73 Å². The number of nitrogens with zero attached hydrogens (tertiary/aromatic N) is 3. The Balaban J connectivity index is 2.14. The second-order valence-electron chi connectivity index (χ2n) is 3.34. The van der Waals surface area contributed by atoms with Crippen molar-refractivity contribution in [1.29, 1.82) is 0 Å². The van der Waals surface area contributed by atoms with Crippen molar-refractivity contribution in [2.75, 3.05) is 11.1 Å². The molecule has 2 aromatic rings. The maximum Gasteiger partial charge on any atom is 0.231 e. The minimum Gasteiger partial charge on any atom is -0.368 e. The van der Waals surface area contributed by atoms with Gasteiger partial charge in [-0.1, -0.05) is 19.1 Å². The van der Waals surface area contributed by atoms with Gasteiger partial charge in [0.15, 0.2) is 0 Å². The van der Waals surface area contributed by atoms with Crippen molar-refractivity contribution in [1.82, 2.24) is 15.0 Å². The van der Waals surface area contributed by atoms with Crippen LogP contribution in [-0.4, -0.2) is 15.0 Å². The highest BCUT2D eigenvalue weighted by molar-refractivity contribution is 5.53. The molecule has 5 heteroatoms. The van der Waals surface area contributed by atoms with Crippen molar-refractivity contribution in [3.63, 3.8) is 0 Å². The van der Waals surface area contributed by atoms with E-state index in [1.165, 1.54) is 11.9 Å². The van der Waals surface area contributed by atoms with Gasteiger partial charge >= 0.3 is 0 Å². The van der Waals surface area contributed by atoms with Gasteiger partial charge in [-0.3, -0.25) is 0 Å². The molecule has 0 aliphatic carbocycles. The molecule has 0 fully saturated rings. The van der Waals surface area contributed by atoms with E-state index in [2.05, 4.69) is 39.3 Å². The highest BCUT2D eigenvalue weighted by atomic mass is 15.2. The van der Waals surface area contributed by atoms with Crippen molar-refractivity contribution in [2.24, 2.45) is 0 Å². The molecule has 0 spiro atoms. The third-order valence-corrected chi connectivity index (χ3v) is 2.21. The first-order valence-electron chi connectivity index (χ1n) is 5.08. The number of rotatable bonds is 3. The van der Waals surface area contributed by atoms with E-state index < -0.39 is 0 Å². The molecular formula is C11H13N5. The van der Waals surface area contributed by atoms with Crippen LogP contribution in [-0.2, 0) is 6.42 Å². The Bertz CT molecular complexity index is 466. The molecule has 2 rings (SSSR count). The molecule has 0 atom stereocenters. The Kier molecular flexibility index (Phi) is 2.95. The van der Waals surface area contributed by atoms with Crippen molar-refractivity contribution in [3.05, 3.63) is 36.2 Å². The van der Waals surface area contributed by atoms with Crippen LogP contribution in [0.3, 0.4) is 0 Å². The molecule has 0 saturated carbocycles. The molecule has 1 aromatic heterocycles. The lowest BCUT2D eigenvalue weighted by Crippen LogP contribution is -2.01. The molecule has 82 valence electrons. The van der Waals surface area contributed by atoms with E-state index in [0.717, 1.165) is 12.1 Å². The smallest absolute Gasteiger partial charge is 0.231 e. The number of benzene rings is 1. The third kappa shape index (κ3) is 2.44. The molecule has 5 nitrogen and oxygen atoms in total. The second kappa shape index (κ2) is 4.57. The summed E-state index contributed by atoms with van der Waals surface area (Å²) in [6.45, 7) is 2.12. The molecule has 3 N–H and O–H groups in total. The fourth-order valence-electron chi connectivity index (χ4n) is 1.32. The monoisotopic (exact) mass is 215 g/mol. The normalized spacial score (nSPS) is 10.1. The zero-order valence-electron chi connectivity index (χ0n) is 9.01. The summed E-state index contributed by atoms with van der Waals surface area (Å²) in [5.74, 6) is 0.666. The Morgan fingerprint density at radius 3 is 2.56 bits per heavy atom. The summed E-state index contributed by atoms with van der Waals surface area (Å²) < 4.78 is 0. The predicted molar refractivity (Wildman–Crippen MR) is 63.3 cm³/mol. The van der Waals surface area contributed by atoms with Crippen LogP contribution >= 0.6 is 0 Å². The zero-order valence-corrected chi connectivity index (χ0v) is 9.01. The zero-order chi connectivity index (χ0) is 11.4. The second-order valence-corrected chi connectivity index (χ2v) is 3.34. The molecule has 0 unspecified atom stereocenters. The Morgan fingerprint density at radius 2 is 1.94 bits per heavy atom. The standard InChI is InChI=1S/C11H13N5/c1-2-8-3-5-9(6-4-8)15-11-14-7-13-10(12)16-11/h3-7H,2H2,1H3,(H3,12,13,14,15,16). The van der Waals surface area contributed by atoms with Gasteiger partial charge in [-0.15, -0.1) is 0 Å². The van der Waals surface area contributed by atoms with Crippen molar-refractivity contribution in [3.8, 4) is 0 Å². The summed E-state index contributed by atoms with van der Waals surface area (Å²) in [7, 11) is 0. The van der Waals surface area contributed by atoms with Crippen molar-refractivity contribution < 1.29 is 0 Å². The lowest BCUT2D eigenvalue weighted by atomic mass is 10.1. The maximum atomic E-state index is 5.46. The number of nitrogens with one attached hydrogen (secondary N) is 1. The largest absolute Gasteiger partial charge is 0.368 e. The van der Waals surface area contributed by atoms with Crippen LogP contribution in [0.2, 0.25) is 0 Å². The van der Waals surface area contributed by atoms with Crippen LogP contribution in [0.1, 0.15) is 12.5 Å². The van der Waals surface area contributed by atoms with Gasteiger partial charge in [-0.2, -0.15) is 4.98 Å². The van der Waals surface area contributed by atoms with Gasteiger partial charge in [0.25, 0.3) is 0 Å². The molecule has 0 saturated heterocycles. The van der Waals surface area contributed by atoms with Gasteiger partial charge in [0.1, 0.15) is 6.33 Å². The molecule has 0 bridgehead atoms. The first-order valence-corrected chi connectivity index (χ1v) is 5.08. The van der Waals surface area contributed by atoms with E-state index in [9.17, 15) is 0 Å². The van der Waals surface area contributed by atoms with Crippen LogP contribution in [0, 0.1) is 0 Å². The van der Waals surface area contributed by atoms with Crippen LogP contribution in [0.4, 0.5) is 17.6 Å². The Morgan fingerprint density at radius 1 is 1.19 bits per heavy atom. The number of nitrogens with two attached hydrogens (primary N) is 1. The first kappa shape index (κ1) is 10.4. The van der Waals surface area contributed by atoms with Crippen LogP contribution in [0.5, 0.6) is 0 Å². The summed E-state index contributed by atoms with van der Waals surface area (Å²) >= 11 is 0. The molecule has 0 amide bonds. The number of nitrogen functional groups attached to an aromatic ring is 1. The number of aromatic nitrogens is 3. The number of anilines is 3. The SMILES string of the molecule is CCc1ccc(Nc2ncnc(N)n2)cc1. The molecule has 0 radical (unpaired) electrons. The molecule has 0 aliphatic rings. The van der Waals surface area contributed by atoms with Gasteiger partial charge in [-0.05, 0) is 24.1 Å². The van der Waals surface area contributed by atoms with E-state index in [-0.39, 0.29) is 5.95 Å². The van der Waals surface area contributed by atoms with Gasteiger partial charge < -0.3 is 11.1 Å². The van der Waals surface area contributed by atoms with Crippen LogP contribution in [0.15, 0.2) is 30.6 Å². The topological polar surface area (TPSA) is 76.7 Å². The highest BCUT2D eigenvalue weighted by Gasteiger charge is 1.98. The fraction of sp³-hybridized carbons (Fsp3) is 0.182. The number of hydrogen-bond donors (Lipinski definition) is 2. The lowest BCUT2D eigenvalue weighted by Gasteiger charge is -2.05. The van der Waals surface area contributed by atoms with Crippen LogP contribution < -0.4 is 11.1 Å².